The Morgan fingerprint density at radius 1 is 1.55 bits per heavy atom. The molecule has 1 aromatic rings. The van der Waals surface area contributed by atoms with Gasteiger partial charge in [-0.2, -0.15) is 5.26 Å². The van der Waals surface area contributed by atoms with Crippen LogP contribution in [0.3, 0.4) is 0 Å². The van der Waals surface area contributed by atoms with Gasteiger partial charge in [0.2, 0.25) is 0 Å². The van der Waals surface area contributed by atoms with E-state index in [-0.39, 0.29) is 0 Å². The number of nitrogens with one attached hydrogen (secondary N) is 1. The summed E-state index contributed by atoms with van der Waals surface area (Å²) >= 11 is 0. The molecule has 1 aromatic heterocycles. The lowest BCUT2D eigenvalue weighted by atomic mass is 10.2. The lowest BCUT2D eigenvalue weighted by molar-refractivity contribution is 1.13. The van der Waals surface area contributed by atoms with Crippen LogP contribution in [0, 0.1) is 25.2 Å². The molecule has 56 valence electrons. The molecule has 1 heterocycles. The molecule has 0 fully saturated rings. The molecule has 0 saturated carbocycles. The topological polar surface area (TPSA) is 60.5 Å². The zero-order valence-corrected chi connectivity index (χ0v) is 6.47. The molecule has 11 heavy (non-hydrogen) atoms. The summed E-state index contributed by atoms with van der Waals surface area (Å²) in [5.41, 5.74) is 9.71. The SMILES string of the molecule is Cc1nc(C#N)cc([NH-])c1C. The maximum Gasteiger partial charge on any atom is 0.139 e. The summed E-state index contributed by atoms with van der Waals surface area (Å²) in [6, 6.07) is 3.38. The highest BCUT2D eigenvalue weighted by molar-refractivity contribution is 5.54. The fraction of sp³-hybridized carbons (Fsp3) is 0.250. The molecule has 0 amide bonds. The molecule has 0 aliphatic heterocycles. The number of hydrogen-bond donors (Lipinski definition) is 0. The highest BCUT2D eigenvalue weighted by atomic mass is 14.7. The van der Waals surface area contributed by atoms with E-state index in [0.29, 0.717) is 11.4 Å². The molecule has 0 bridgehead atoms. The summed E-state index contributed by atoms with van der Waals surface area (Å²) < 4.78 is 0. The Bertz CT molecular complexity index is 300. The maximum atomic E-state index is 8.48. The molecule has 1 N–H and O–H groups in total. The van der Waals surface area contributed by atoms with Crippen LogP contribution < -0.4 is 0 Å². The number of aromatic nitrogens is 1. The molecule has 1 rings (SSSR count). The van der Waals surface area contributed by atoms with Gasteiger partial charge in [0, 0.05) is 5.69 Å². The van der Waals surface area contributed by atoms with Gasteiger partial charge in [0.05, 0.1) is 0 Å². The van der Waals surface area contributed by atoms with Crippen molar-refractivity contribution in [2.75, 3.05) is 0 Å². The Kier molecular flexibility index (Phi) is 1.77. The van der Waals surface area contributed by atoms with Crippen molar-refractivity contribution in [1.82, 2.24) is 4.98 Å². The molecular formula is C8H8N3-. The fourth-order valence-corrected chi connectivity index (χ4v) is 0.794. The minimum absolute atomic E-state index is 0.318. The summed E-state index contributed by atoms with van der Waals surface area (Å²) in [5, 5.41) is 8.48. The van der Waals surface area contributed by atoms with E-state index >= 15 is 0 Å². The molecule has 0 aliphatic rings. The highest BCUT2D eigenvalue weighted by Crippen LogP contribution is 2.19. The predicted molar refractivity (Wildman–Crippen MR) is 42.4 cm³/mol. The maximum absolute atomic E-state index is 8.48. The summed E-state index contributed by atoms with van der Waals surface area (Å²) in [6.45, 7) is 3.63. The smallest absolute Gasteiger partial charge is 0.139 e. The largest absolute Gasteiger partial charge is 0.698 e. The molecule has 0 radical (unpaired) electrons. The van der Waals surface area contributed by atoms with E-state index < -0.39 is 0 Å². The molecule has 0 saturated heterocycles. The summed E-state index contributed by atoms with van der Waals surface area (Å²) in [7, 11) is 0. The van der Waals surface area contributed by atoms with Crippen molar-refractivity contribution in [3.63, 3.8) is 0 Å². The minimum atomic E-state index is 0.318. The van der Waals surface area contributed by atoms with Gasteiger partial charge in [-0.1, -0.05) is 0 Å². The van der Waals surface area contributed by atoms with Crippen LogP contribution in [0.1, 0.15) is 17.0 Å². The minimum Gasteiger partial charge on any atom is -0.698 e. The summed E-state index contributed by atoms with van der Waals surface area (Å²) in [6.07, 6.45) is 0. The molecule has 0 aromatic carbocycles. The first-order valence-corrected chi connectivity index (χ1v) is 3.25. The van der Waals surface area contributed by atoms with Gasteiger partial charge in [0.25, 0.3) is 0 Å². The van der Waals surface area contributed by atoms with Gasteiger partial charge in [0.15, 0.2) is 0 Å². The zero-order valence-electron chi connectivity index (χ0n) is 6.47. The number of hydrogen-bond acceptors (Lipinski definition) is 2. The number of nitriles is 1. The average molecular weight is 146 g/mol. The zero-order chi connectivity index (χ0) is 8.43. The van der Waals surface area contributed by atoms with Crippen LogP contribution in [-0.2, 0) is 0 Å². The molecular weight excluding hydrogens is 138 g/mol. The first-order chi connectivity index (χ1) is 5.15. The van der Waals surface area contributed by atoms with E-state index in [1.807, 2.05) is 13.0 Å². The van der Waals surface area contributed by atoms with Crippen LogP contribution >= 0.6 is 0 Å². The van der Waals surface area contributed by atoms with Crippen LogP contribution in [-0.4, -0.2) is 4.98 Å². The molecule has 3 heteroatoms. The van der Waals surface area contributed by atoms with Crippen LogP contribution in [0.25, 0.3) is 5.73 Å². The number of pyridine rings is 1. The van der Waals surface area contributed by atoms with Gasteiger partial charge >= 0.3 is 0 Å². The normalized spacial score (nSPS) is 9.18. The monoisotopic (exact) mass is 146 g/mol. The van der Waals surface area contributed by atoms with Gasteiger partial charge in [-0.25, -0.2) is 4.98 Å². The van der Waals surface area contributed by atoms with E-state index in [4.69, 9.17) is 11.0 Å². The third kappa shape index (κ3) is 1.30. The summed E-state index contributed by atoms with van der Waals surface area (Å²) in [4.78, 5) is 3.97. The van der Waals surface area contributed by atoms with Gasteiger partial charge in [-0.05, 0) is 25.5 Å². The number of rotatable bonds is 0. The van der Waals surface area contributed by atoms with Gasteiger partial charge in [0.1, 0.15) is 11.8 Å². The van der Waals surface area contributed by atoms with Crippen molar-refractivity contribution in [2.45, 2.75) is 13.8 Å². The van der Waals surface area contributed by atoms with Crippen LogP contribution in [0.2, 0.25) is 0 Å². The molecule has 0 spiro atoms. The second-order valence-corrected chi connectivity index (χ2v) is 2.38. The van der Waals surface area contributed by atoms with E-state index in [1.165, 1.54) is 6.07 Å². The van der Waals surface area contributed by atoms with Crippen LogP contribution in [0.4, 0.5) is 5.69 Å². The van der Waals surface area contributed by atoms with Crippen molar-refractivity contribution in [3.05, 3.63) is 28.8 Å². The van der Waals surface area contributed by atoms with Crippen LogP contribution in [0.5, 0.6) is 0 Å². The van der Waals surface area contributed by atoms with E-state index in [2.05, 4.69) is 4.98 Å². The average Bonchev–Trinajstić information content (AvgIpc) is 1.99. The molecule has 0 atom stereocenters. The lowest BCUT2D eigenvalue weighted by Crippen LogP contribution is -1.89. The Morgan fingerprint density at radius 3 is 2.64 bits per heavy atom. The quantitative estimate of drug-likeness (QED) is 0.563. The van der Waals surface area contributed by atoms with Crippen molar-refractivity contribution in [2.24, 2.45) is 0 Å². The molecule has 0 aliphatic carbocycles. The second kappa shape index (κ2) is 2.59. The predicted octanol–water partition coefficient (Wildman–Crippen LogP) is 2.25. The standard InChI is InChI=1S/C8H8N3/c1-5-6(2)11-7(4-9)3-8(5)10/h3H,1-2H3,(H-,10,11)/q-1. The summed E-state index contributed by atoms with van der Waals surface area (Å²) in [5.74, 6) is 0. The molecule has 3 nitrogen and oxygen atoms in total. The van der Waals surface area contributed by atoms with E-state index in [0.717, 1.165) is 11.3 Å². The first-order valence-electron chi connectivity index (χ1n) is 3.25. The van der Waals surface area contributed by atoms with Gasteiger partial charge in [-0.3, -0.25) is 0 Å². The number of aryl methyl sites for hydroxylation is 1. The Labute approximate surface area is 65.5 Å². The first kappa shape index (κ1) is 7.55. The van der Waals surface area contributed by atoms with Gasteiger partial charge in [-0.15, -0.1) is 5.69 Å². The lowest BCUT2D eigenvalue weighted by Gasteiger charge is -2.09. The Morgan fingerprint density at radius 2 is 2.18 bits per heavy atom. The van der Waals surface area contributed by atoms with Crippen molar-refractivity contribution < 1.29 is 0 Å². The Hall–Kier alpha value is -1.56. The van der Waals surface area contributed by atoms with Gasteiger partial charge < -0.3 is 5.73 Å². The van der Waals surface area contributed by atoms with Crippen LogP contribution in [0.15, 0.2) is 6.07 Å². The van der Waals surface area contributed by atoms with E-state index in [1.54, 1.807) is 6.92 Å². The molecule has 0 unspecified atom stereocenters. The van der Waals surface area contributed by atoms with Crippen molar-refractivity contribution in [1.29, 1.82) is 5.26 Å². The van der Waals surface area contributed by atoms with E-state index in [9.17, 15) is 0 Å². The third-order valence-corrected chi connectivity index (χ3v) is 1.63. The second-order valence-electron chi connectivity index (χ2n) is 2.38. The third-order valence-electron chi connectivity index (χ3n) is 1.63. The Balaban J connectivity index is 3.35. The highest BCUT2D eigenvalue weighted by Gasteiger charge is 1.96. The number of nitrogens with zero attached hydrogens (tertiary/aromatic N) is 2. The van der Waals surface area contributed by atoms with Crippen molar-refractivity contribution >= 4 is 5.69 Å². The fourth-order valence-electron chi connectivity index (χ4n) is 0.794. The van der Waals surface area contributed by atoms with Crippen molar-refractivity contribution in [3.8, 4) is 6.07 Å².